The molecule has 0 spiro atoms. The van der Waals surface area contributed by atoms with Gasteiger partial charge in [0.25, 0.3) is 0 Å². The van der Waals surface area contributed by atoms with Crippen molar-refractivity contribution in [3.8, 4) is 0 Å². The molecule has 0 saturated carbocycles. The number of carboxylic acids is 1. The Labute approximate surface area is 148 Å². The van der Waals surface area contributed by atoms with Gasteiger partial charge in [-0.15, -0.1) is 0 Å². The molecule has 1 aliphatic carbocycles. The van der Waals surface area contributed by atoms with E-state index in [0.717, 1.165) is 0 Å². The summed E-state index contributed by atoms with van der Waals surface area (Å²) in [5.41, 5.74) is 2.34. The first-order valence-electron chi connectivity index (χ1n) is 8.68. The summed E-state index contributed by atoms with van der Waals surface area (Å²) in [5.74, 6) is -1.75. The van der Waals surface area contributed by atoms with Crippen LogP contribution >= 0.6 is 0 Å². The van der Waals surface area contributed by atoms with E-state index in [2.05, 4.69) is 10.6 Å². The van der Waals surface area contributed by atoms with Gasteiger partial charge in [0.05, 0.1) is 0 Å². The van der Waals surface area contributed by atoms with Crippen molar-refractivity contribution in [3.05, 3.63) is 35.4 Å². The van der Waals surface area contributed by atoms with Gasteiger partial charge in [0.2, 0.25) is 11.8 Å². The summed E-state index contributed by atoms with van der Waals surface area (Å²) < 4.78 is 0. The van der Waals surface area contributed by atoms with E-state index in [1.807, 2.05) is 38.1 Å². The SMILES string of the molecule is CC(C)CC(NC(=O)C(C)NC(=O)C1Cc2ccccc2C1)C(=O)O. The van der Waals surface area contributed by atoms with Gasteiger partial charge in [-0.1, -0.05) is 38.1 Å². The van der Waals surface area contributed by atoms with E-state index in [0.29, 0.717) is 19.3 Å². The van der Waals surface area contributed by atoms with Crippen molar-refractivity contribution in [2.45, 2.75) is 52.1 Å². The van der Waals surface area contributed by atoms with Crippen molar-refractivity contribution >= 4 is 17.8 Å². The average Bonchev–Trinajstić information content (AvgIpc) is 2.97. The number of nitrogens with one attached hydrogen (secondary N) is 2. The van der Waals surface area contributed by atoms with Gasteiger partial charge in [0.1, 0.15) is 12.1 Å². The molecule has 3 N–H and O–H groups in total. The molecule has 0 aromatic heterocycles. The fourth-order valence-corrected chi connectivity index (χ4v) is 3.13. The van der Waals surface area contributed by atoms with E-state index in [1.54, 1.807) is 6.92 Å². The number of carbonyl (C=O) groups excluding carboxylic acids is 2. The molecule has 2 amide bonds. The van der Waals surface area contributed by atoms with Crippen molar-refractivity contribution < 1.29 is 19.5 Å². The van der Waals surface area contributed by atoms with Crippen LogP contribution < -0.4 is 10.6 Å². The first-order chi connectivity index (χ1) is 11.8. The largest absolute Gasteiger partial charge is 0.480 e. The minimum absolute atomic E-state index is 0.142. The monoisotopic (exact) mass is 346 g/mol. The topological polar surface area (TPSA) is 95.5 Å². The number of fused-ring (bicyclic) bond motifs is 1. The number of hydrogen-bond acceptors (Lipinski definition) is 3. The lowest BCUT2D eigenvalue weighted by molar-refractivity contribution is -0.142. The molecule has 0 fully saturated rings. The second-order valence-electron chi connectivity index (χ2n) is 7.13. The van der Waals surface area contributed by atoms with Gasteiger partial charge in [0, 0.05) is 5.92 Å². The zero-order valence-corrected chi connectivity index (χ0v) is 14.9. The number of aliphatic carboxylic acids is 1. The van der Waals surface area contributed by atoms with Crippen molar-refractivity contribution in [1.82, 2.24) is 10.6 Å². The number of amides is 2. The van der Waals surface area contributed by atoms with Gasteiger partial charge in [0.15, 0.2) is 0 Å². The number of carbonyl (C=O) groups is 3. The molecule has 1 aliphatic rings. The molecular formula is C19H26N2O4. The van der Waals surface area contributed by atoms with Crippen LogP contribution in [0, 0.1) is 11.8 Å². The highest BCUT2D eigenvalue weighted by Crippen LogP contribution is 2.26. The Balaban J connectivity index is 1.88. The minimum Gasteiger partial charge on any atom is -0.480 e. The Morgan fingerprint density at radius 1 is 1.08 bits per heavy atom. The van der Waals surface area contributed by atoms with Crippen molar-refractivity contribution in [1.29, 1.82) is 0 Å². The lowest BCUT2D eigenvalue weighted by Crippen LogP contribution is -2.51. The van der Waals surface area contributed by atoms with E-state index in [9.17, 15) is 19.5 Å². The lowest BCUT2D eigenvalue weighted by Gasteiger charge is -2.21. The van der Waals surface area contributed by atoms with Gasteiger partial charge in [-0.05, 0) is 43.2 Å². The van der Waals surface area contributed by atoms with Crippen LogP contribution in [0.15, 0.2) is 24.3 Å². The molecule has 0 heterocycles. The molecule has 0 aliphatic heterocycles. The smallest absolute Gasteiger partial charge is 0.326 e. The zero-order chi connectivity index (χ0) is 18.6. The zero-order valence-electron chi connectivity index (χ0n) is 14.9. The molecule has 1 aromatic rings. The van der Waals surface area contributed by atoms with Gasteiger partial charge >= 0.3 is 5.97 Å². The van der Waals surface area contributed by atoms with Gasteiger partial charge in [-0.3, -0.25) is 9.59 Å². The molecule has 2 rings (SSSR count). The first-order valence-corrected chi connectivity index (χ1v) is 8.68. The maximum absolute atomic E-state index is 12.4. The van der Waals surface area contributed by atoms with Crippen LogP contribution in [0.25, 0.3) is 0 Å². The molecule has 6 heteroatoms. The predicted octanol–water partition coefficient (Wildman–Crippen LogP) is 1.52. The molecule has 25 heavy (non-hydrogen) atoms. The Morgan fingerprint density at radius 2 is 1.64 bits per heavy atom. The second kappa shape index (κ2) is 8.14. The number of rotatable bonds is 7. The Bertz CT molecular complexity index is 632. The first kappa shape index (κ1) is 19.0. The highest BCUT2D eigenvalue weighted by atomic mass is 16.4. The number of carboxylic acid groups (broad SMARTS) is 1. The third-order valence-corrected chi connectivity index (χ3v) is 4.50. The van der Waals surface area contributed by atoms with E-state index >= 15 is 0 Å². The second-order valence-corrected chi connectivity index (χ2v) is 7.13. The predicted molar refractivity (Wildman–Crippen MR) is 94.0 cm³/mol. The highest BCUT2D eigenvalue weighted by Gasteiger charge is 2.30. The standard InChI is InChI=1S/C19H26N2O4/c1-11(2)8-16(19(24)25)21-17(22)12(3)20-18(23)15-9-13-6-4-5-7-14(13)10-15/h4-7,11-12,15-16H,8-10H2,1-3H3,(H,20,23)(H,21,22)(H,24,25). The molecule has 1 aromatic carbocycles. The van der Waals surface area contributed by atoms with E-state index in [1.165, 1.54) is 11.1 Å². The Hall–Kier alpha value is -2.37. The maximum atomic E-state index is 12.4. The van der Waals surface area contributed by atoms with Crippen LogP contribution in [-0.4, -0.2) is 35.0 Å². The summed E-state index contributed by atoms with van der Waals surface area (Å²) in [6.07, 6.45) is 1.68. The van der Waals surface area contributed by atoms with Crippen LogP contribution in [0.1, 0.15) is 38.3 Å². The van der Waals surface area contributed by atoms with Gasteiger partial charge < -0.3 is 15.7 Å². The van der Waals surface area contributed by atoms with Gasteiger partial charge in [-0.2, -0.15) is 0 Å². The third kappa shape index (κ3) is 5.05. The highest BCUT2D eigenvalue weighted by molar-refractivity contribution is 5.91. The van der Waals surface area contributed by atoms with E-state index in [4.69, 9.17) is 0 Å². The molecule has 0 saturated heterocycles. The summed E-state index contributed by atoms with van der Waals surface area (Å²) in [6.45, 7) is 5.36. The van der Waals surface area contributed by atoms with Crippen molar-refractivity contribution in [2.75, 3.05) is 0 Å². The summed E-state index contributed by atoms with van der Waals surface area (Å²) in [6, 6.07) is 6.23. The quantitative estimate of drug-likeness (QED) is 0.697. The van der Waals surface area contributed by atoms with Crippen LogP contribution in [0.4, 0.5) is 0 Å². The van der Waals surface area contributed by atoms with E-state index in [-0.39, 0.29) is 17.7 Å². The molecule has 6 nitrogen and oxygen atoms in total. The average molecular weight is 346 g/mol. The maximum Gasteiger partial charge on any atom is 0.326 e. The molecule has 2 unspecified atom stereocenters. The third-order valence-electron chi connectivity index (χ3n) is 4.50. The van der Waals surface area contributed by atoms with Crippen molar-refractivity contribution in [2.24, 2.45) is 11.8 Å². The van der Waals surface area contributed by atoms with Crippen LogP contribution in [0.5, 0.6) is 0 Å². The van der Waals surface area contributed by atoms with Crippen molar-refractivity contribution in [3.63, 3.8) is 0 Å². The van der Waals surface area contributed by atoms with Crippen LogP contribution in [0.2, 0.25) is 0 Å². The molecule has 0 bridgehead atoms. The normalized spacial score (nSPS) is 16.2. The number of hydrogen-bond donors (Lipinski definition) is 3. The lowest BCUT2D eigenvalue weighted by atomic mass is 10.0. The van der Waals surface area contributed by atoms with Gasteiger partial charge in [-0.25, -0.2) is 4.79 Å². The Kier molecular flexibility index (Phi) is 6.17. The fraction of sp³-hybridized carbons (Fsp3) is 0.526. The summed E-state index contributed by atoms with van der Waals surface area (Å²) in [4.78, 5) is 35.9. The summed E-state index contributed by atoms with van der Waals surface area (Å²) >= 11 is 0. The summed E-state index contributed by atoms with van der Waals surface area (Å²) in [7, 11) is 0. The van der Waals surface area contributed by atoms with E-state index < -0.39 is 24.0 Å². The molecule has 136 valence electrons. The van der Waals surface area contributed by atoms with Crippen LogP contribution in [-0.2, 0) is 27.2 Å². The Morgan fingerprint density at radius 3 is 2.12 bits per heavy atom. The molecular weight excluding hydrogens is 320 g/mol. The fourth-order valence-electron chi connectivity index (χ4n) is 3.13. The summed E-state index contributed by atoms with van der Waals surface area (Å²) in [5, 5.41) is 14.4. The minimum atomic E-state index is -1.06. The van der Waals surface area contributed by atoms with Crippen LogP contribution in [0.3, 0.4) is 0 Å². The number of benzene rings is 1. The molecule has 0 radical (unpaired) electrons. The molecule has 2 atom stereocenters.